The van der Waals surface area contributed by atoms with E-state index in [0.29, 0.717) is 6.17 Å². The second kappa shape index (κ2) is 6.63. The second-order valence-corrected chi connectivity index (χ2v) is 8.43. The molecule has 1 heterocycles. The molecule has 72 valence electrons. The van der Waals surface area contributed by atoms with Gasteiger partial charge < -0.3 is 10.3 Å². The number of hydrogen-bond acceptors (Lipinski definition) is 0. The Labute approximate surface area is 98.2 Å². The van der Waals surface area contributed by atoms with E-state index in [1.54, 1.807) is 0 Å². The predicted molar refractivity (Wildman–Crippen MR) is 48.0 cm³/mol. The van der Waals surface area contributed by atoms with E-state index in [1.165, 1.54) is 12.8 Å². The molecule has 0 amide bonds. The summed E-state index contributed by atoms with van der Waals surface area (Å²) in [6.07, 6.45) is 2.81. The van der Waals surface area contributed by atoms with Gasteiger partial charge in [-0.1, -0.05) is 40.7 Å². The summed E-state index contributed by atoms with van der Waals surface area (Å²) in [6, 6.07) is 0. The fraction of sp³-hybridized carbons (Fsp3) is 1.00. The summed E-state index contributed by atoms with van der Waals surface area (Å²) < 4.78 is 0. The molecule has 1 rings (SSSR count). The first-order valence-corrected chi connectivity index (χ1v) is 7.41. The number of nitrogens with zero attached hydrogens (tertiary/aromatic N) is 2. The van der Waals surface area contributed by atoms with Crippen LogP contribution in [0.1, 0.15) is 12.8 Å². The van der Waals surface area contributed by atoms with Crippen molar-refractivity contribution in [3.05, 3.63) is 10.3 Å². The first-order chi connectivity index (χ1) is 4.58. The summed E-state index contributed by atoms with van der Waals surface area (Å²) in [5.41, 5.74) is 0. The van der Waals surface area contributed by atoms with Crippen molar-refractivity contribution in [2.75, 3.05) is 6.54 Å². The normalized spacial score (nSPS) is 22.8. The van der Waals surface area contributed by atoms with Crippen LogP contribution in [0.3, 0.4) is 0 Å². The summed E-state index contributed by atoms with van der Waals surface area (Å²) in [4.78, 5) is 4.68. The van der Waals surface area contributed by atoms with E-state index in [0.717, 1.165) is 6.54 Å². The van der Waals surface area contributed by atoms with E-state index in [2.05, 4.69) is 29.9 Å². The molecule has 1 aliphatic rings. The molecule has 2 nitrogen and oxygen atoms in total. The fourth-order valence-electron chi connectivity index (χ4n) is 1.16. The van der Waals surface area contributed by atoms with Crippen LogP contribution >= 0.6 is 0 Å². The minimum Gasteiger partial charge on any atom is -0.680 e. The fourth-order valence-corrected chi connectivity index (χ4v) is 2.26. The molecule has 0 aromatic carbocycles. The van der Waals surface area contributed by atoms with Crippen molar-refractivity contribution in [2.24, 2.45) is 0 Å². The van der Waals surface area contributed by atoms with E-state index in [-0.39, 0.29) is 34.7 Å². The molecule has 0 spiro atoms. The van der Waals surface area contributed by atoms with Gasteiger partial charge in [0.1, 0.15) is 0 Å². The van der Waals surface area contributed by atoms with Gasteiger partial charge in [-0.05, 0) is 0 Å². The Morgan fingerprint density at radius 3 is 2.17 bits per heavy atom. The van der Waals surface area contributed by atoms with Gasteiger partial charge in [-0.2, -0.15) is 6.54 Å². The van der Waals surface area contributed by atoms with Crippen LogP contribution < -0.4 is 0 Å². The molecule has 0 aromatic rings. The van der Waals surface area contributed by atoms with Gasteiger partial charge in [0.2, 0.25) is 0 Å². The molecule has 1 fully saturated rings. The molecule has 0 aliphatic carbocycles. The van der Waals surface area contributed by atoms with Gasteiger partial charge in [0.05, 0.1) is 0 Å². The van der Waals surface area contributed by atoms with Crippen molar-refractivity contribution in [1.82, 2.24) is 0 Å². The van der Waals surface area contributed by atoms with Gasteiger partial charge in [0.15, 0.2) is 0 Å². The standard InChI is InChI=1S/C7H16N2Si.2Cr/c1-10(2,3)9-7-5-4-6-8-7;;/h7H,4-6H2,1-3H3;;/q-2;;. The quantitative estimate of drug-likeness (QED) is 0.683. The number of hydrogen-bond donors (Lipinski definition) is 0. The Kier molecular flexibility index (Phi) is 8.65. The topological polar surface area (TPSA) is 28.2 Å². The van der Waals surface area contributed by atoms with Crippen LogP contribution in [-0.4, -0.2) is 20.9 Å². The molecular weight excluding hydrogens is 244 g/mol. The van der Waals surface area contributed by atoms with Crippen LogP contribution in [0, 0.1) is 0 Å². The Morgan fingerprint density at radius 2 is 1.83 bits per heavy atom. The average Bonchev–Trinajstić information content (AvgIpc) is 2.12. The Balaban J connectivity index is 0. The molecule has 0 saturated carbocycles. The van der Waals surface area contributed by atoms with Crippen LogP contribution in [0.25, 0.3) is 10.3 Å². The van der Waals surface area contributed by atoms with Gasteiger partial charge in [-0.25, -0.2) is 6.17 Å². The summed E-state index contributed by atoms with van der Waals surface area (Å²) >= 11 is 0. The molecule has 0 aromatic heterocycles. The van der Waals surface area contributed by atoms with E-state index < -0.39 is 8.24 Å². The van der Waals surface area contributed by atoms with E-state index in [9.17, 15) is 0 Å². The molecule has 1 saturated heterocycles. The summed E-state index contributed by atoms with van der Waals surface area (Å²) in [5, 5.41) is 4.39. The smallest absolute Gasteiger partial charge is 0 e. The summed E-state index contributed by atoms with van der Waals surface area (Å²) in [6.45, 7) is 7.83. The molecular formula is C7H16Cr2N2Si-2. The van der Waals surface area contributed by atoms with Crippen molar-refractivity contribution < 1.29 is 34.7 Å². The van der Waals surface area contributed by atoms with Crippen molar-refractivity contribution in [1.29, 1.82) is 0 Å². The third-order valence-electron chi connectivity index (χ3n) is 1.50. The average molecular weight is 260 g/mol. The first-order valence-electron chi connectivity index (χ1n) is 3.96. The minimum atomic E-state index is -1.19. The maximum atomic E-state index is 4.68. The SMILES string of the molecule is C[Si](C)(C)[N-]C1CCC[N-]1.[Cr].[Cr]. The largest absolute Gasteiger partial charge is 0.680 e. The molecule has 0 N–H and O–H groups in total. The third-order valence-corrected chi connectivity index (χ3v) is 2.57. The van der Waals surface area contributed by atoms with Gasteiger partial charge in [-0.3, -0.25) is 0 Å². The van der Waals surface area contributed by atoms with E-state index in [1.807, 2.05) is 0 Å². The van der Waals surface area contributed by atoms with Gasteiger partial charge in [-0.15, -0.1) is 0 Å². The molecule has 12 heavy (non-hydrogen) atoms. The van der Waals surface area contributed by atoms with Gasteiger partial charge >= 0.3 is 0 Å². The van der Waals surface area contributed by atoms with E-state index in [4.69, 9.17) is 0 Å². The number of rotatable bonds is 2. The maximum absolute atomic E-state index is 4.68. The Morgan fingerprint density at radius 1 is 1.25 bits per heavy atom. The first kappa shape index (κ1) is 15.7. The van der Waals surface area contributed by atoms with Crippen LogP contribution in [0.15, 0.2) is 0 Å². The molecule has 1 unspecified atom stereocenters. The zero-order valence-corrected chi connectivity index (χ0v) is 11.5. The Bertz CT molecular complexity index is 110. The van der Waals surface area contributed by atoms with Crippen LogP contribution in [0.4, 0.5) is 0 Å². The molecule has 0 bridgehead atoms. The van der Waals surface area contributed by atoms with Gasteiger partial charge in [0, 0.05) is 34.7 Å². The predicted octanol–water partition coefficient (Wildman–Crippen LogP) is 2.68. The van der Waals surface area contributed by atoms with Gasteiger partial charge in [0.25, 0.3) is 0 Å². The van der Waals surface area contributed by atoms with Crippen molar-refractivity contribution in [3.8, 4) is 0 Å². The molecule has 5 heteroatoms. The van der Waals surface area contributed by atoms with Crippen LogP contribution in [0.2, 0.25) is 19.6 Å². The molecule has 1 atom stereocenters. The monoisotopic (exact) mass is 260 g/mol. The second-order valence-electron chi connectivity index (χ2n) is 3.83. The minimum absolute atomic E-state index is 0. The molecule has 1 aliphatic heterocycles. The maximum Gasteiger partial charge on any atom is 0 e. The van der Waals surface area contributed by atoms with E-state index >= 15 is 0 Å². The zero-order chi connectivity index (χ0) is 7.61. The Hall–Kier alpha value is 1.20. The van der Waals surface area contributed by atoms with Crippen LogP contribution in [-0.2, 0) is 34.7 Å². The molecule has 0 radical (unpaired) electrons. The van der Waals surface area contributed by atoms with Crippen LogP contribution in [0.5, 0.6) is 0 Å². The van der Waals surface area contributed by atoms with Crippen molar-refractivity contribution in [2.45, 2.75) is 38.6 Å². The summed E-state index contributed by atoms with van der Waals surface area (Å²) in [7, 11) is -1.19. The third kappa shape index (κ3) is 6.69. The van der Waals surface area contributed by atoms with Crippen molar-refractivity contribution in [3.63, 3.8) is 0 Å². The summed E-state index contributed by atoms with van der Waals surface area (Å²) in [5.74, 6) is 0. The van der Waals surface area contributed by atoms with Crippen molar-refractivity contribution >= 4 is 8.24 Å². The zero-order valence-electron chi connectivity index (χ0n) is 7.91.